The fourth-order valence-electron chi connectivity index (χ4n) is 2.43. The molecule has 27 heavy (non-hydrogen) atoms. The van der Waals surface area contributed by atoms with E-state index in [1.54, 1.807) is 37.6 Å². The maximum atomic E-state index is 12.2. The van der Waals surface area contributed by atoms with Gasteiger partial charge in [-0.2, -0.15) is 4.98 Å². The van der Waals surface area contributed by atoms with Gasteiger partial charge in [0.15, 0.2) is 6.61 Å². The molecule has 7 nitrogen and oxygen atoms in total. The summed E-state index contributed by atoms with van der Waals surface area (Å²) in [6, 6.07) is 14.1. The number of carbonyl (C=O) groups is 1. The molecule has 2 aromatic carbocycles. The summed E-state index contributed by atoms with van der Waals surface area (Å²) < 4.78 is 26.9. The van der Waals surface area contributed by atoms with Crippen LogP contribution in [-0.4, -0.2) is 33.7 Å². The highest BCUT2D eigenvalue weighted by molar-refractivity contribution is 7.83. The van der Waals surface area contributed by atoms with E-state index in [4.69, 9.17) is 14.0 Å². The first-order valence-corrected chi connectivity index (χ1v) is 9.81. The van der Waals surface area contributed by atoms with Crippen LogP contribution in [0.15, 0.2) is 53.1 Å². The van der Waals surface area contributed by atoms with Gasteiger partial charge in [0.2, 0.25) is 5.82 Å². The fraction of sp³-hybridized carbons (Fsp3) is 0.211. The Morgan fingerprint density at radius 1 is 1.19 bits per heavy atom. The van der Waals surface area contributed by atoms with E-state index in [-0.39, 0.29) is 12.5 Å². The van der Waals surface area contributed by atoms with Crippen LogP contribution in [0.2, 0.25) is 0 Å². The Labute approximate surface area is 158 Å². The zero-order valence-corrected chi connectivity index (χ0v) is 15.7. The first kappa shape index (κ1) is 18.8. The molecule has 1 atom stereocenters. The normalized spacial score (nSPS) is 11.8. The minimum atomic E-state index is -0.984. The van der Waals surface area contributed by atoms with Crippen molar-refractivity contribution in [2.24, 2.45) is 0 Å². The zero-order chi connectivity index (χ0) is 19.2. The molecule has 0 fully saturated rings. The molecule has 3 rings (SSSR count). The molecule has 0 aliphatic carbocycles. The average molecular weight is 386 g/mol. The van der Waals surface area contributed by atoms with E-state index in [1.165, 1.54) is 0 Å². The van der Waals surface area contributed by atoms with Crippen molar-refractivity contribution in [2.45, 2.75) is 12.4 Å². The smallest absolute Gasteiger partial charge is 0.338 e. The Morgan fingerprint density at radius 3 is 2.78 bits per heavy atom. The molecule has 8 heteroatoms. The maximum absolute atomic E-state index is 12.2. The van der Waals surface area contributed by atoms with Crippen molar-refractivity contribution < 1.29 is 23.0 Å². The lowest BCUT2D eigenvalue weighted by Gasteiger charge is -2.04. The zero-order valence-electron chi connectivity index (χ0n) is 14.9. The van der Waals surface area contributed by atoms with Crippen molar-refractivity contribution in [3.63, 3.8) is 0 Å². The van der Waals surface area contributed by atoms with Crippen LogP contribution in [0.5, 0.6) is 5.75 Å². The second-order valence-corrected chi connectivity index (χ2v) is 7.17. The van der Waals surface area contributed by atoms with Crippen LogP contribution in [0.3, 0.4) is 0 Å². The van der Waals surface area contributed by atoms with Crippen molar-refractivity contribution in [3.8, 4) is 17.1 Å². The van der Waals surface area contributed by atoms with Crippen LogP contribution < -0.4 is 4.74 Å². The third kappa shape index (κ3) is 5.01. The lowest BCUT2D eigenvalue weighted by molar-refractivity contribution is 0.0429. The summed E-state index contributed by atoms with van der Waals surface area (Å²) in [5, 5.41) is 3.89. The molecule has 1 unspecified atom stereocenters. The standard InChI is InChI=1S/C19H18N2O5S/c1-24-16-8-4-6-14(10-16)18-20-17(26-21-18)11-25-19(22)15-7-3-5-13(9-15)12-27(2)23/h3-10H,11-12H2,1-2H3. The molecule has 0 bridgehead atoms. The highest BCUT2D eigenvalue weighted by Gasteiger charge is 2.13. The lowest BCUT2D eigenvalue weighted by atomic mass is 10.1. The number of rotatable bonds is 7. The molecule has 0 N–H and O–H groups in total. The van der Waals surface area contributed by atoms with Gasteiger partial charge in [-0.25, -0.2) is 4.79 Å². The number of carbonyl (C=O) groups excluding carboxylic acids is 1. The molecule has 1 heterocycles. The van der Waals surface area contributed by atoms with Crippen LogP contribution in [0.1, 0.15) is 21.8 Å². The molecular weight excluding hydrogens is 368 g/mol. The van der Waals surface area contributed by atoms with E-state index in [2.05, 4.69) is 10.1 Å². The Bertz CT molecular complexity index is 970. The van der Waals surface area contributed by atoms with Crippen LogP contribution in [-0.2, 0) is 27.9 Å². The summed E-state index contributed by atoms with van der Waals surface area (Å²) in [5.41, 5.74) is 1.92. The number of esters is 1. The maximum Gasteiger partial charge on any atom is 0.338 e. The number of ether oxygens (including phenoxy) is 2. The summed E-state index contributed by atoms with van der Waals surface area (Å²) in [4.78, 5) is 16.4. The third-order valence-corrected chi connectivity index (χ3v) is 4.40. The second-order valence-electron chi connectivity index (χ2n) is 5.74. The topological polar surface area (TPSA) is 91.5 Å². The van der Waals surface area contributed by atoms with Gasteiger partial charge in [0.05, 0.1) is 12.7 Å². The van der Waals surface area contributed by atoms with Gasteiger partial charge < -0.3 is 14.0 Å². The SMILES string of the molecule is COc1cccc(-c2noc(COC(=O)c3cccc(CS(C)=O)c3)n2)c1. The van der Waals surface area contributed by atoms with E-state index in [0.29, 0.717) is 22.9 Å². The Morgan fingerprint density at radius 2 is 2.00 bits per heavy atom. The highest BCUT2D eigenvalue weighted by atomic mass is 32.2. The third-order valence-electron chi connectivity index (χ3n) is 3.66. The van der Waals surface area contributed by atoms with Crippen molar-refractivity contribution in [1.29, 1.82) is 0 Å². The molecule has 0 spiro atoms. The Kier molecular flexibility index (Phi) is 5.97. The van der Waals surface area contributed by atoms with Crippen molar-refractivity contribution in [3.05, 3.63) is 65.5 Å². The van der Waals surface area contributed by atoms with Gasteiger partial charge in [-0.15, -0.1) is 0 Å². The minimum absolute atomic E-state index is 0.139. The van der Waals surface area contributed by atoms with Crippen LogP contribution in [0.25, 0.3) is 11.4 Å². The molecule has 1 aromatic heterocycles. The van der Waals surface area contributed by atoms with E-state index < -0.39 is 16.8 Å². The summed E-state index contributed by atoms with van der Waals surface area (Å²) in [6.45, 7) is -0.139. The highest BCUT2D eigenvalue weighted by Crippen LogP contribution is 2.21. The van der Waals surface area contributed by atoms with Gasteiger partial charge in [-0.05, 0) is 29.8 Å². The van der Waals surface area contributed by atoms with Gasteiger partial charge in [0.25, 0.3) is 5.89 Å². The van der Waals surface area contributed by atoms with Crippen molar-refractivity contribution >= 4 is 16.8 Å². The molecule has 0 radical (unpaired) electrons. The van der Waals surface area contributed by atoms with E-state index in [0.717, 1.165) is 11.1 Å². The molecular formula is C19H18N2O5S. The number of aromatic nitrogens is 2. The summed E-state index contributed by atoms with van der Waals surface area (Å²) >= 11 is 0. The largest absolute Gasteiger partial charge is 0.497 e. The summed E-state index contributed by atoms with van der Waals surface area (Å²) in [6.07, 6.45) is 1.61. The number of hydrogen-bond donors (Lipinski definition) is 0. The lowest BCUT2D eigenvalue weighted by Crippen LogP contribution is -2.06. The monoisotopic (exact) mass is 386 g/mol. The minimum Gasteiger partial charge on any atom is -0.497 e. The van der Waals surface area contributed by atoms with Crippen LogP contribution in [0.4, 0.5) is 0 Å². The fourth-order valence-corrected chi connectivity index (χ4v) is 3.08. The average Bonchev–Trinajstić information content (AvgIpc) is 3.15. The Balaban J connectivity index is 1.64. The van der Waals surface area contributed by atoms with Crippen LogP contribution >= 0.6 is 0 Å². The first-order chi connectivity index (χ1) is 13.0. The van der Waals surface area contributed by atoms with Gasteiger partial charge in [0.1, 0.15) is 5.75 Å². The number of hydrogen-bond acceptors (Lipinski definition) is 7. The van der Waals surface area contributed by atoms with Gasteiger partial charge in [-0.3, -0.25) is 4.21 Å². The number of benzene rings is 2. The number of nitrogens with zero attached hydrogens (tertiary/aromatic N) is 2. The molecule has 0 saturated heterocycles. The second kappa shape index (κ2) is 8.59. The molecule has 3 aromatic rings. The van der Waals surface area contributed by atoms with Gasteiger partial charge >= 0.3 is 5.97 Å². The summed E-state index contributed by atoms with van der Waals surface area (Å²) in [5.74, 6) is 1.12. The molecule has 0 aliphatic rings. The number of methoxy groups -OCH3 is 1. The summed E-state index contributed by atoms with van der Waals surface area (Å²) in [7, 11) is 0.593. The predicted molar refractivity (Wildman–Crippen MR) is 99.6 cm³/mol. The van der Waals surface area contributed by atoms with E-state index >= 15 is 0 Å². The molecule has 0 amide bonds. The van der Waals surface area contributed by atoms with E-state index in [9.17, 15) is 9.00 Å². The van der Waals surface area contributed by atoms with Gasteiger partial charge in [0, 0.05) is 28.4 Å². The quantitative estimate of drug-likeness (QED) is 0.577. The predicted octanol–water partition coefficient (Wildman–Crippen LogP) is 2.98. The van der Waals surface area contributed by atoms with Crippen molar-refractivity contribution in [2.75, 3.05) is 13.4 Å². The Hall–Kier alpha value is -3.00. The first-order valence-electron chi connectivity index (χ1n) is 8.08. The molecule has 0 aliphatic heterocycles. The van der Waals surface area contributed by atoms with Crippen molar-refractivity contribution in [1.82, 2.24) is 10.1 Å². The van der Waals surface area contributed by atoms with Gasteiger partial charge in [-0.1, -0.05) is 29.4 Å². The molecule has 140 valence electrons. The van der Waals surface area contributed by atoms with E-state index in [1.807, 2.05) is 24.3 Å². The molecule has 0 saturated carbocycles. The van der Waals surface area contributed by atoms with Crippen LogP contribution in [0, 0.1) is 0 Å².